The highest BCUT2D eigenvalue weighted by molar-refractivity contribution is 7.99. The van der Waals surface area contributed by atoms with Crippen molar-refractivity contribution in [1.29, 1.82) is 0 Å². The lowest BCUT2D eigenvalue weighted by atomic mass is 10.2. The number of hydrogen-bond donors (Lipinski definition) is 1. The number of nitrogens with one attached hydrogen (secondary N) is 1. The first-order chi connectivity index (χ1) is 13.2. The molecule has 5 nitrogen and oxygen atoms in total. The van der Waals surface area contributed by atoms with E-state index in [-0.39, 0.29) is 11.2 Å². The minimum Gasteiger partial charge on any atom is -0.325 e. The Balaban J connectivity index is 1.75. The normalized spacial score (nSPS) is 10.7. The number of hydrogen-bond acceptors (Lipinski definition) is 4. The summed E-state index contributed by atoms with van der Waals surface area (Å²) in [6, 6.07) is 17.9. The standard InChI is InChI=1S/C20H21ClN4OS/c1-2-8-18(26)22-16-11-6-7-12-17(16)27-20-23-19(21)24-25(20)14-13-15-9-4-3-5-10-15/h3-7,9-12H,2,8,13-14H2,1H3,(H,22,26). The Kier molecular flexibility index (Phi) is 6.90. The number of para-hydroxylation sites is 1. The van der Waals surface area contributed by atoms with Crippen molar-refractivity contribution in [3.05, 3.63) is 65.4 Å². The van der Waals surface area contributed by atoms with Gasteiger partial charge in [-0.1, -0.05) is 49.4 Å². The van der Waals surface area contributed by atoms with E-state index in [0.29, 0.717) is 18.1 Å². The van der Waals surface area contributed by atoms with E-state index < -0.39 is 0 Å². The van der Waals surface area contributed by atoms with E-state index in [2.05, 4.69) is 27.5 Å². The van der Waals surface area contributed by atoms with Gasteiger partial charge in [-0.2, -0.15) is 4.98 Å². The molecule has 1 N–H and O–H groups in total. The molecule has 0 atom stereocenters. The van der Waals surface area contributed by atoms with Crippen molar-refractivity contribution in [3.63, 3.8) is 0 Å². The van der Waals surface area contributed by atoms with Crippen LogP contribution in [0.2, 0.25) is 5.28 Å². The molecule has 0 saturated carbocycles. The van der Waals surface area contributed by atoms with E-state index in [1.165, 1.54) is 17.3 Å². The molecule has 0 aliphatic heterocycles. The van der Waals surface area contributed by atoms with Crippen LogP contribution in [0, 0.1) is 0 Å². The van der Waals surface area contributed by atoms with Crippen LogP contribution in [0.4, 0.5) is 5.69 Å². The highest BCUT2D eigenvalue weighted by atomic mass is 35.5. The molecule has 0 fully saturated rings. The second kappa shape index (κ2) is 9.58. The number of rotatable bonds is 8. The predicted molar refractivity (Wildman–Crippen MR) is 109 cm³/mol. The molecule has 3 rings (SSSR count). The van der Waals surface area contributed by atoms with Crippen LogP contribution in [0.15, 0.2) is 64.6 Å². The summed E-state index contributed by atoms with van der Waals surface area (Å²) in [4.78, 5) is 17.2. The zero-order valence-electron chi connectivity index (χ0n) is 15.1. The van der Waals surface area contributed by atoms with Gasteiger partial charge in [0.2, 0.25) is 11.2 Å². The molecule has 3 aromatic rings. The summed E-state index contributed by atoms with van der Waals surface area (Å²) in [5.74, 6) is 0.00845. The van der Waals surface area contributed by atoms with Crippen molar-refractivity contribution in [2.24, 2.45) is 0 Å². The van der Waals surface area contributed by atoms with Gasteiger partial charge in [0.05, 0.1) is 5.69 Å². The first-order valence-corrected chi connectivity index (χ1v) is 10.1. The maximum atomic E-state index is 12.0. The van der Waals surface area contributed by atoms with E-state index in [4.69, 9.17) is 11.6 Å². The maximum absolute atomic E-state index is 12.0. The molecule has 0 aliphatic rings. The molecule has 0 radical (unpaired) electrons. The maximum Gasteiger partial charge on any atom is 0.243 e. The van der Waals surface area contributed by atoms with Crippen molar-refractivity contribution < 1.29 is 4.79 Å². The highest BCUT2D eigenvalue weighted by Crippen LogP contribution is 2.33. The fraction of sp³-hybridized carbons (Fsp3) is 0.250. The molecule has 1 aromatic heterocycles. The zero-order valence-corrected chi connectivity index (χ0v) is 16.6. The quantitative estimate of drug-likeness (QED) is 0.573. The monoisotopic (exact) mass is 400 g/mol. The van der Waals surface area contributed by atoms with Crippen LogP contribution in [0.1, 0.15) is 25.3 Å². The van der Waals surface area contributed by atoms with E-state index in [1.807, 2.05) is 54.1 Å². The van der Waals surface area contributed by atoms with Gasteiger partial charge in [0.15, 0.2) is 5.16 Å². The number of halogens is 1. The topological polar surface area (TPSA) is 59.8 Å². The van der Waals surface area contributed by atoms with Crippen molar-refractivity contribution in [3.8, 4) is 0 Å². The average molecular weight is 401 g/mol. The first-order valence-electron chi connectivity index (χ1n) is 8.86. The largest absolute Gasteiger partial charge is 0.325 e. The van der Waals surface area contributed by atoms with Crippen LogP contribution in [0.5, 0.6) is 0 Å². The Morgan fingerprint density at radius 1 is 1.15 bits per heavy atom. The summed E-state index contributed by atoms with van der Waals surface area (Å²) in [6.45, 7) is 2.66. The van der Waals surface area contributed by atoms with Crippen LogP contribution in [0.25, 0.3) is 0 Å². The van der Waals surface area contributed by atoms with Gasteiger partial charge in [-0.3, -0.25) is 4.79 Å². The molecular weight excluding hydrogens is 380 g/mol. The van der Waals surface area contributed by atoms with Crippen LogP contribution in [0.3, 0.4) is 0 Å². The third-order valence-corrected chi connectivity index (χ3v) is 5.13. The van der Waals surface area contributed by atoms with Crippen molar-refractivity contribution in [2.45, 2.75) is 42.8 Å². The number of anilines is 1. The fourth-order valence-electron chi connectivity index (χ4n) is 2.60. The Morgan fingerprint density at radius 2 is 1.89 bits per heavy atom. The number of carbonyl (C=O) groups is 1. The molecule has 0 unspecified atom stereocenters. The molecule has 140 valence electrons. The van der Waals surface area contributed by atoms with Gasteiger partial charge in [-0.15, -0.1) is 5.10 Å². The molecule has 7 heteroatoms. The fourth-order valence-corrected chi connectivity index (χ4v) is 3.76. The predicted octanol–water partition coefficient (Wildman–Crippen LogP) is 5.06. The first kappa shape index (κ1) is 19.5. The molecule has 27 heavy (non-hydrogen) atoms. The lowest BCUT2D eigenvalue weighted by Crippen LogP contribution is -2.11. The summed E-state index contributed by atoms with van der Waals surface area (Å²) < 4.78 is 1.81. The summed E-state index contributed by atoms with van der Waals surface area (Å²) in [5.41, 5.74) is 2.00. The second-order valence-electron chi connectivity index (χ2n) is 6.02. The van der Waals surface area contributed by atoms with E-state index >= 15 is 0 Å². The van der Waals surface area contributed by atoms with E-state index in [1.54, 1.807) is 0 Å². The summed E-state index contributed by atoms with van der Waals surface area (Å²) in [6.07, 6.45) is 2.14. The molecular formula is C20H21ClN4OS. The minimum atomic E-state index is 0.00845. The van der Waals surface area contributed by atoms with Crippen LogP contribution >= 0.6 is 23.4 Å². The summed E-state index contributed by atoms with van der Waals surface area (Å²) >= 11 is 7.50. The van der Waals surface area contributed by atoms with Crippen LogP contribution in [-0.2, 0) is 17.8 Å². The lowest BCUT2D eigenvalue weighted by Gasteiger charge is -2.11. The number of amides is 1. The molecule has 1 amide bonds. The highest BCUT2D eigenvalue weighted by Gasteiger charge is 2.14. The van der Waals surface area contributed by atoms with Gasteiger partial charge < -0.3 is 5.32 Å². The lowest BCUT2D eigenvalue weighted by molar-refractivity contribution is -0.116. The number of carbonyl (C=O) groups excluding carboxylic acids is 1. The van der Waals surface area contributed by atoms with Gasteiger partial charge in [0.1, 0.15) is 0 Å². The van der Waals surface area contributed by atoms with E-state index in [9.17, 15) is 4.79 Å². The Hall–Kier alpha value is -2.31. The summed E-state index contributed by atoms with van der Waals surface area (Å²) in [7, 11) is 0. The zero-order chi connectivity index (χ0) is 19.1. The van der Waals surface area contributed by atoms with Crippen LogP contribution < -0.4 is 5.32 Å². The third-order valence-electron chi connectivity index (χ3n) is 3.91. The summed E-state index contributed by atoms with van der Waals surface area (Å²) in [5, 5.41) is 8.19. The van der Waals surface area contributed by atoms with Crippen molar-refractivity contribution in [2.75, 3.05) is 5.32 Å². The van der Waals surface area contributed by atoms with Gasteiger partial charge in [0, 0.05) is 17.9 Å². The average Bonchev–Trinajstić information content (AvgIpc) is 3.02. The second-order valence-corrected chi connectivity index (χ2v) is 7.37. The Bertz CT molecular complexity index is 898. The molecule has 0 bridgehead atoms. The molecule has 2 aromatic carbocycles. The molecule has 0 aliphatic carbocycles. The Labute approximate surface area is 168 Å². The van der Waals surface area contributed by atoms with Gasteiger partial charge in [0.25, 0.3) is 0 Å². The molecule has 1 heterocycles. The Morgan fingerprint density at radius 3 is 2.67 bits per heavy atom. The number of benzene rings is 2. The minimum absolute atomic E-state index is 0.00845. The number of nitrogens with zero attached hydrogens (tertiary/aromatic N) is 3. The smallest absolute Gasteiger partial charge is 0.243 e. The number of aromatic nitrogens is 3. The van der Waals surface area contributed by atoms with Crippen molar-refractivity contribution >= 4 is 35.0 Å². The SMILES string of the molecule is CCCC(=O)Nc1ccccc1Sc1nc(Cl)nn1CCc1ccccc1. The van der Waals surface area contributed by atoms with E-state index in [0.717, 1.165) is 23.4 Å². The van der Waals surface area contributed by atoms with Gasteiger partial charge in [-0.25, -0.2) is 4.68 Å². The van der Waals surface area contributed by atoms with Crippen LogP contribution in [-0.4, -0.2) is 20.7 Å². The van der Waals surface area contributed by atoms with Gasteiger partial charge in [-0.05, 0) is 53.9 Å². The molecule has 0 saturated heterocycles. The van der Waals surface area contributed by atoms with Crippen molar-refractivity contribution in [1.82, 2.24) is 14.8 Å². The van der Waals surface area contributed by atoms with Gasteiger partial charge >= 0.3 is 0 Å². The third kappa shape index (κ3) is 5.58. The molecule has 0 spiro atoms. The number of aryl methyl sites for hydroxylation is 2.